The van der Waals surface area contributed by atoms with Crippen LogP contribution in [0.25, 0.3) is 17.1 Å². The van der Waals surface area contributed by atoms with Gasteiger partial charge in [-0.15, -0.1) is 10.2 Å². The first kappa shape index (κ1) is 22.4. The van der Waals surface area contributed by atoms with Crippen LogP contribution in [0.2, 0.25) is 5.02 Å². The molecule has 11 heteroatoms. The molecule has 4 rings (SSSR count). The van der Waals surface area contributed by atoms with E-state index in [0.29, 0.717) is 11.0 Å². The number of pyridine rings is 1. The fourth-order valence-electron chi connectivity index (χ4n) is 3.12. The maximum absolute atomic E-state index is 12.6. The summed E-state index contributed by atoms with van der Waals surface area (Å²) in [6.45, 7) is 1.98. The lowest BCUT2D eigenvalue weighted by Crippen LogP contribution is -2.15. The molecule has 4 aromatic rings. The van der Waals surface area contributed by atoms with Crippen LogP contribution in [0, 0.1) is 17.0 Å². The Morgan fingerprint density at radius 3 is 2.73 bits per heavy atom. The zero-order chi connectivity index (χ0) is 23.4. The molecule has 0 saturated heterocycles. The molecule has 0 bridgehead atoms. The van der Waals surface area contributed by atoms with Crippen molar-refractivity contribution < 1.29 is 9.72 Å². The van der Waals surface area contributed by atoms with E-state index in [0.717, 1.165) is 16.8 Å². The van der Waals surface area contributed by atoms with Crippen LogP contribution in [0.5, 0.6) is 0 Å². The molecule has 0 aliphatic rings. The molecule has 0 spiro atoms. The number of para-hydroxylation sites is 1. The molecule has 0 saturated carbocycles. The van der Waals surface area contributed by atoms with Crippen molar-refractivity contribution in [2.75, 3.05) is 11.1 Å². The fraction of sp³-hybridized carbons (Fsp3) is 0.0909. The molecule has 0 unspecified atom stereocenters. The monoisotopic (exact) mass is 480 g/mol. The van der Waals surface area contributed by atoms with Gasteiger partial charge in [0, 0.05) is 30.1 Å². The number of hydrogen-bond donors (Lipinski definition) is 1. The first-order valence-electron chi connectivity index (χ1n) is 9.72. The highest BCUT2D eigenvalue weighted by Gasteiger charge is 2.19. The number of rotatable bonds is 7. The second-order valence-electron chi connectivity index (χ2n) is 6.93. The van der Waals surface area contributed by atoms with E-state index in [1.807, 2.05) is 47.9 Å². The molecule has 1 amide bonds. The van der Waals surface area contributed by atoms with E-state index >= 15 is 0 Å². The van der Waals surface area contributed by atoms with Crippen LogP contribution in [0.1, 0.15) is 5.56 Å². The third-order valence-corrected chi connectivity index (χ3v) is 5.94. The Balaban J connectivity index is 1.60. The number of nitro groups is 1. The number of aryl methyl sites for hydroxylation is 1. The zero-order valence-corrected chi connectivity index (χ0v) is 18.9. The SMILES string of the molecule is Cc1ccccc1-n1c(SCC(=O)Nc2cc([N+](=O)[O-])ccc2Cl)nnc1-c1cccnc1. The summed E-state index contributed by atoms with van der Waals surface area (Å²) in [4.78, 5) is 27.2. The average Bonchev–Trinajstić information content (AvgIpc) is 3.23. The van der Waals surface area contributed by atoms with E-state index in [4.69, 9.17) is 11.6 Å². The lowest BCUT2D eigenvalue weighted by atomic mass is 10.2. The van der Waals surface area contributed by atoms with Gasteiger partial charge in [0.2, 0.25) is 5.91 Å². The topological polar surface area (TPSA) is 116 Å². The summed E-state index contributed by atoms with van der Waals surface area (Å²) in [5, 5.41) is 23.0. The Morgan fingerprint density at radius 1 is 1.18 bits per heavy atom. The third-order valence-electron chi connectivity index (χ3n) is 4.68. The number of nitro benzene ring substituents is 1. The summed E-state index contributed by atoms with van der Waals surface area (Å²) < 4.78 is 1.88. The van der Waals surface area contributed by atoms with Crippen molar-refractivity contribution in [1.29, 1.82) is 0 Å². The standard InChI is InChI=1S/C22H17ClN6O3S/c1-14-5-2-3-7-19(14)28-21(15-6-4-10-24-12-15)26-27-22(28)33-13-20(30)25-18-11-16(29(31)32)8-9-17(18)23/h2-12H,13H2,1H3,(H,25,30). The van der Waals surface area contributed by atoms with Gasteiger partial charge in [-0.3, -0.25) is 24.5 Å². The molecular weight excluding hydrogens is 464 g/mol. The van der Waals surface area contributed by atoms with Gasteiger partial charge in [0.15, 0.2) is 11.0 Å². The summed E-state index contributed by atoms with van der Waals surface area (Å²) in [6.07, 6.45) is 3.38. The molecule has 0 atom stereocenters. The second kappa shape index (κ2) is 9.80. The van der Waals surface area contributed by atoms with Crippen molar-refractivity contribution in [1.82, 2.24) is 19.7 Å². The van der Waals surface area contributed by atoms with Crippen molar-refractivity contribution in [3.63, 3.8) is 0 Å². The molecular formula is C22H17ClN6O3S. The molecule has 2 heterocycles. The number of aromatic nitrogens is 4. The number of benzene rings is 2. The van der Waals surface area contributed by atoms with Gasteiger partial charge in [0.1, 0.15) is 0 Å². The minimum atomic E-state index is -0.550. The Hall–Kier alpha value is -3.76. The minimum Gasteiger partial charge on any atom is -0.324 e. The van der Waals surface area contributed by atoms with E-state index < -0.39 is 4.92 Å². The Labute approximate surface area is 198 Å². The van der Waals surface area contributed by atoms with Crippen molar-refractivity contribution in [3.8, 4) is 17.1 Å². The van der Waals surface area contributed by atoms with Crippen LogP contribution in [-0.2, 0) is 4.79 Å². The van der Waals surface area contributed by atoms with E-state index in [9.17, 15) is 14.9 Å². The molecule has 0 aliphatic heterocycles. The van der Waals surface area contributed by atoms with E-state index in [-0.39, 0.29) is 28.1 Å². The van der Waals surface area contributed by atoms with Gasteiger partial charge < -0.3 is 5.32 Å². The van der Waals surface area contributed by atoms with Crippen molar-refractivity contribution >= 4 is 40.6 Å². The number of amides is 1. The molecule has 9 nitrogen and oxygen atoms in total. The van der Waals surface area contributed by atoms with Gasteiger partial charge in [-0.25, -0.2) is 0 Å². The number of nitrogens with zero attached hydrogens (tertiary/aromatic N) is 5. The number of nitrogens with one attached hydrogen (secondary N) is 1. The van der Waals surface area contributed by atoms with Crippen LogP contribution in [0.15, 0.2) is 72.1 Å². The Morgan fingerprint density at radius 2 is 2.00 bits per heavy atom. The number of hydrogen-bond acceptors (Lipinski definition) is 7. The quantitative estimate of drug-likeness (QED) is 0.226. The summed E-state index contributed by atoms with van der Waals surface area (Å²) in [6, 6.07) is 15.4. The van der Waals surface area contributed by atoms with Crippen molar-refractivity contribution in [3.05, 3.63) is 87.7 Å². The smallest absolute Gasteiger partial charge is 0.271 e. The van der Waals surface area contributed by atoms with Crippen LogP contribution in [0.4, 0.5) is 11.4 Å². The van der Waals surface area contributed by atoms with Crippen LogP contribution in [0.3, 0.4) is 0 Å². The molecule has 33 heavy (non-hydrogen) atoms. The van der Waals surface area contributed by atoms with E-state index in [1.165, 1.54) is 30.0 Å². The van der Waals surface area contributed by atoms with Crippen molar-refractivity contribution in [2.45, 2.75) is 12.1 Å². The number of non-ortho nitro benzene ring substituents is 1. The molecule has 0 aliphatic carbocycles. The molecule has 2 aromatic heterocycles. The normalized spacial score (nSPS) is 10.7. The first-order valence-corrected chi connectivity index (χ1v) is 11.1. The van der Waals surface area contributed by atoms with Gasteiger partial charge in [-0.1, -0.05) is 41.6 Å². The minimum absolute atomic E-state index is 0.00389. The summed E-state index contributed by atoms with van der Waals surface area (Å²) >= 11 is 7.27. The molecule has 0 radical (unpaired) electrons. The first-order chi connectivity index (χ1) is 15.9. The highest BCUT2D eigenvalue weighted by Crippen LogP contribution is 2.30. The van der Waals surface area contributed by atoms with Crippen molar-refractivity contribution in [2.24, 2.45) is 0 Å². The largest absolute Gasteiger partial charge is 0.324 e. The second-order valence-corrected chi connectivity index (χ2v) is 8.28. The van der Waals surface area contributed by atoms with Gasteiger partial charge in [0.05, 0.1) is 27.1 Å². The maximum atomic E-state index is 12.6. The lowest BCUT2D eigenvalue weighted by Gasteiger charge is -2.13. The van der Waals surface area contributed by atoms with Gasteiger partial charge in [0.25, 0.3) is 5.69 Å². The lowest BCUT2D eigenvalue weighted by molar-refractivity contribution is -0.384. The highest BCUT2D eigenvalue weighted by molar-refractivity contribution is 7.99. The summed E-state index contributed by atoms with van der Waals surface area (Å²) in [5.41, 5.74) is 2.69. The maximum Gasteiger partial charge on any atom is 0.271 e. The summed E-state index contributed by atoms with van der Waals surface area (Å²) in [7, 11) is 0. The molecule has 1 N–H and O–H groups in total. The van der Waals surface area contributed by atoms with Gasteiger partial charge in [-0.2, -0.15) is 0 Å². The van der Waals surface area contributed by atoms with Crippen LogP contribution >= 0.6 is 23.4 Å². The van der Waals surface area contributed by atoms with Crippen LogP contribution in [-0.4, -0.2) is 36.3 Å². The number of thioether (sulfide) groups is 1. The molecule has 166 valence electrons. The Kier molecular flexibility index (Phi) is 6.66. The molecule has 2 aromatic carbocycles. The predicted octanol–water partition coefficient (Wildman–Crippen LogP) is 4.93. The van der Waals surface area contributed by atoms with E-state index in [2.05, 4.69) is 20.5 Å². The fourth-order valence-corrected chi connectivity index (χ4v) is 4.03. The van der Waals surface area contributed by atoms with Gasteiger partial charge in [-0.05, 0) is 36.8 Å². The highest BCUT2D eigenvalue weighted by atomic mass is 35.5. The average molecular weight is 481 g/mol. The summed E-state index contributed by atoms with van der Waals surface area (Å²) in [5.74, 6) is 0.211. The number of carbonyl (C=O) groups excluding carboxylic acids is 1. The Bertz CT molecular complexity index is 1330. The third kappa shape index (κ3) is 5.02. The predicted molar refractivity (Wildman–Crippen MR) is 127 cm³/mol. The van der Waals surface area contributed by atoms with Crippen LogP contribution < -0.4 is 5.32 Å². The van der Waals surface area contributed by atoms with Gasteiger partial charge >= 0.3 is 0 Å². The number of halogens is 1. The zero-order valence-electron chi connectivity index (χ0n) is 17.3. The van der Waals surface area contributed by atoms with E-state index in [1.54, 1.807) is 12.4 Å². The number of carbonyl (C=O) groups is 1. The number of anilines is 1. The molecule has 0 fully saturated rings.